The molecule has 0 amide bonds. The number of rotatable bonds is 9. The highest BCUT2D eigenvalue weighted by Gasteiger charge is 2.40. The highest BCUT2D eigenvalue weighted by Crippen LogP contribution is 2.48. The van der Waals surface area contributed by atoms with E-state index in [0.717, 1.165) is 31.7 Å². The van der Waals surface area contributed by atoms with Gasteiger partial charge in [-0.15, -0.1) is 0 Å². The molecule has 176 valence electrons. The fourth-order valence-corrected chi connectivity index (χ4v) is 3.96. The highest BCUT2D eigenvalue weighted by atomic mass is 19.4. The van der Waals surface area contributed by atoms with E-state index in [-0.39, 0.29) is 19.0 Å². The standard InChI is InChI=1S/C25H23F5O3/c26-18-8-16(9-19(27)11-18)14-31-7-5-3-1-2-4-6-17-10-22(25(28,29)30)21-13-24-23(12-20(17)21)32-15-33-24/h6,8-13H,1-5,7,14-15H2/b17-6-. The normalized spacial score (nSPS) is 15.8. The zero-order valence-electron chi connectivity index (χ0n) is 17.8. The summed E-state index contributed by atoms with van der Waals surface area (Å²) in [4.78, 5) is 0. The van der Waals surface area contributed by atoms with Crippen LogP contribution >= 0.6 is 0 Å². The average Bonchev–Trinajstić information content (AvgIpc) is 3.34. The van der Waals surface area contributed by atoms with Crippen molar-refractivity contribution in [2.24, 2.45) is 0 Å². The summed E-state index contributed by atoms with van der Waals surface area (Å²) >= 11 is 0. The molecule has 2 aromatic carbocycles. The first-order chi connectivity index (χ1) is 15.8. The Kier molecular flexibility index (Phi) is 7.02. The molecule has 33 heavy (non-hydrogen) atoms. The average molecular weight is 466 g/mol. The van der Waals surface area contributed by atoms with Crippen LogP contribution in [0.4, 0.5) is 22.0 Å². The Morgan fingerprint density at radius 2 is 1.52 bits per heavy atom. The molecule has 1 heterocycles. The van der Waals surface area contributed by atoms with Gasteiger partial charge in [0.25, 0.3) is 0 Å². The number of unbranched alkanes of at least 4 members (excludes halogenated alkanes) is 4. The van der Waals surface area contributed by atoms with Crippen LogP contribution in [-0.4, -0.2) is 19.6 Å². The molecule has 1 aliphatic carbocycles. The van der Waals surface area contributed by atoms with E-state index in [2.05, 4.69) is 0 Å². The van der Waals surface area contributed by atoms with Gasteiger partial charge in [-0.3, -0.25) is 0 Å². The van der Waals surface area contributed by atoms with Gasteiger partial charge in [0.15, 0.2) is 11.5 Å². The van der Waals surface area contributed by atoms with Crippen molar-refractivity contribution in [3.8, 4) is 11.5 Å². The predicted octanol–water partition coefficient (Wildman–Crippen LogP) is 7.20. The number of fused-ring (bicyclic) bond motifs is 2. The summed E-state index contributed by atoms with van der Waals surface area (Å²) in [5.41, 5.74) is 0.950. The molecular formula is C25H23F5O3. The molecule has 0 N–H and O–H groups in total. The second kappa shape index (κ2) is 9.95. The lowest BCUT2D eigenvalue weighted by Gasteiger charge is -2.10. The van der Waals surface area contributed by atoms with E-state index in [0.29, 0.717) is 41.2 Å². The quantitative estimate of drug-likeness (QED) is 0.289. The first kappa shape index (κ1) is 23.3. The fourth-order valence-electron chi connectivity index (χ4n) is 3.96. The number of halogens is 5. The third-order valence-electron chi connectivity index (χ3n) is 5.52. The Bertz CT molecular complexity index is 1050. The van der Waals surface area contributed by atoms with Gasteiger partial charge in [-0.25, -0.2) is 8.78 Å². The van der Waals surface area contributed by atoms with E-state index in [1.165, 1.54) is 24.3 Å². The fraction of sp³-hybridized carbons (Fsp3) is 0.360. The smallest absolute Gasteiger partial charge is 0.417 e. The molecule has 8 heteroatoms. The molecule has 0 spiro atoms. The van der Waals surface area contributed by atoms with E-state index >= 15 is 0 Å². The topological polar surface area (TPSA) is 27.7 Å². The molecule has 0 unspecified atom stereocenters. The summed E-state index contributed by atoms with van der Waals surface area (Å²) in [7, 11) is 0. The van der Waals surface area contributed by atoms with Crippen molar-refractivity contribution in [1.29, 1.82) is 0 Å². The van der Waals surface area contributed by atoms with Crippen LogP contribution in [0.15, 0.2) is 42.5 Å². The van der Waals surface area contributed by atoms with E-state index in [1.54, 1.807) is 6.07 Å². The molecule has 2 aliphatic rings. The predicted molar refractivity (Wildman–Crippen MR) is 114 cm³/mol. The lowest BCUT2D eigenvalue weighted by molar-refractivity contribution is -0.0687. The molecule has 3 nitrogen and oxygen atoms in total. The largest absolute Gasteiger partial charge is 0.454 e. The molecule has 0 radical (unpaired) electrons. The Balaban J connectivity index is 1.23. The van der Waals surface area contributed by atoms with Crippen LogP contribution in [0, 0.1) is 11.6 Å². The molecule has 0 bridgehead atoms. The number of alkyl halides is 3. The van der Waals surface area contributed by atoms with E-state index in [4.69, 9.17) is 14.2 Å². The molecular weight excluding hydrogens is 443 g/mol. The van der Waals surface area contributed by atoms with Crippen molar-refractivity contribution < 1.29 is 36.2 Å². The van der Waals surface area contributed by atoms with Crippen LogP contribution in [0.2, 0.25) is 0 Å². The number of benzene rings is 2. The van der Waals surface area contributed by atoms with Gasteiger partial charge in [-0.05, 0) is 71.9 Å². The van der Waals surface area contributed by atoms with E-state index < -0.39 is 23.4 Å². The first-order valence-electron chi connectivity index (χ1n) is 10.8. The molecule has 0 atom stereocenters. The Hall–Kier alpha value is -2.87. The minimum atomic E-state index is -4.45. The summed E-state index contributed by atoms with van der Waals surface area (Å²) in [6.45, 7) is 0.620. The lowest BCUT2D eigenvalue weighted by atomic mass is 10.0. The second-order valence-electron chi connectivity index (χ2n) is 8.00. The van der Waals surface area contributed by atoms with Crippen molar-refractivity contribution in [3.05, 3.63) is 70.8 Å². The van der Waals surface area contributed by atoms with Crippen LogP contribution in [0.5, 0.6) is 11.5 Å². The van der Waals surface area contributed by atoms with Crippen LogP contribution < -0.4 is 9.47 Å². The number of allylic oxidation sites excluding steroid dienone is 4. The number of hydrogen-bond donors (Lipinski definition) is 0. The molecule has 2 aromatic rings. The summed E-state index contributed by atoms with van der Waals surface area (Å²) in [6, 6.07) is 6.31. The van der Waals surface area contributed by atoms with Crippen LogP contribution in [0.1, 0.15) is 48.8 Å². The van der Waals surface area contributed by atoms with Gasteiger partial charge < -0.3 is 14.2 Å². The van der Waals surface area contributed by atoms with Gasteiger partial charge in [0.2, 0.25) is 6.79 Å². The van der Waals surface area contributed by atoms with Gasteiger partial charge in [-0.1, -0.05) is 18.9 Å². The molecule has 0 saturated carbocycles. The number of hydrogen-bond acceptors (Lipinski definition) is 3. The van der Waals surface area contributed by atoms with Crippen LogP contribution in [0.3, 0.4) is 0 Å². The van der Waals surface area contributed by atoms with E-state index in [1.807, 2.05) is 6.08 Å². The maximum atomic E-state index is 13.5. The van der Waals surface area contributed by atoms with Gasteiger partial charge in [0.1, 0.15) is 11.6 Å². The molecule has 0 aromatic heterocycles. The molecule has 1 aliphatic heterocycles. The Morgan fingerprint density at radius 1 is 0.848 bits per heavy atom. The summed E-state index contributed by atoms with van der Waals surface area (Å²) < 4.78 is 82.7. The summed E-state index contributed by atoms with van der Waals surface area (Å²) in [6.07, 6.45) is 2.61. The van der Waals surface area contributed by atoms with Crippen molar-refractivity contribution in [1.82, 2.24) is 0 Å². The van der Waals surface area contributed by atoms with Crippen molar-refractivity contribution in [2.45, 2.75) is 44.9 Å². The third-order valence-corrected chi connectivity index (χ3v) is 5.52. The highest BCUT2D eigenvalue weighted by molar-refractivity contribution is 5.98. The summed E-state index contributed by atoms with van der Waals surface area (Å²) in [5.74, 6) is -0.475. The Morgan fingerprint density at radius 3 is 2.21 bits per heavy atom. The molecule has 4 rings (SSSR count). The van der Waals surface area contributed by atoms with Crippen LogP contribution in [-0.2, 0) is 11.3 Å². The SMILES string of the molecule is Fc1cc(F)cc(COCCCCCC/C=C2/C=C(C(F)(F)F)c3cc4c(cc32)OCO4)c1. The second-order valence-corrected chi connectivity index (χ2v) is 8.00. The number of ether oxygens (including phenoxy) is 3. The minimum Gasteiger partial charge on any atom is -0.454 e. The molecule has 0 fully saturated rings. The maximum absolute atomic E-state index is 13.5. The van der Waals surface area contributed by atoms with Gasteiger partial charge >= 0.3 is 6.18 Å². The van der Waals surface area contributed by atoms with Crippen molar-refractivity contribution in [3.63, 3.8) is 0 Å². The van der Waals surface area contributed by atoms with Gasteiger partial charge in [0.05, 0.1) is 12.2 Å². The minimum absolute atomic E-state index is 0.00514. The lowest BCUT2D eigenvalue weighted by Crippen LogP contribution is -2.09. The Labute approximate surface area is 188 Å². The zero-order valence-corrected chi connectivity index (χ0v) is 17.8. The third kappa shape index (κ3) is 5.74. The summed E-state index contributed by atoms with van der Waals surface area (Å²) in [5, 5.41) is 0. The monoisotopic (exact) mass is 466 g/mol. The molecule has 0 saturated heterocycles. The van der Waals surface area contributed by atoms with Crippen LogP contribution in [0.25, 0.3) is 11.1 Å². The van der Waals surface area contributed by atoms with Crippen molar-refractivity contribution >= 4 is 11.1 Å². The first-order valence-corrected chi connectivity index (χ1v) is 10.8. The van der Waals surface area contributed by atoms with Crippen molar-refractivity contribution in [2.75, 3.05) is 13.4 Å². The maximum Gasteiger partial charge on any atom is 0.417 e. The zero-order chi connectivity index (χ0) is 23.4. The van der Waals surface area contributed by atoms with E-state index in [9.17, 15) is 22.0 Å². The van der Waals surface area contributed by atoms with Gasteiger partial charge in [0, 0.05) is 12.7 Å². The van der Waals surface area contributed by atoms with Gasteiger partial charge in [-0.2, -0.15) is 13.2 Å².